The van der Waals surface area contributed by atoms with E-state index in [0.717, 1.165) is 12.3 Å². The van der Waals surface area contributed by atoms with Crippen molar-refractivity contribution in [2.75, 3.05) is 29.7 Å². The Bertz CT molecular complexity index is 1460. The molecule has 0 spiro atoms. The second-order valence-electron chi connectivity index (χ2n) is 10.3. The number of hydrogen-bond donors (Lipinski definition) is 2. The minimum absolute atomic E-state index is 0.0292. The van der Waals surface area contributed by atoms with Gasteiger partial charge in [-0.3, -0.25) is 9.36 Å². The number of amides is 1. The summed E-state index contributed by atoms with van der Waals surface area (Å²) in [4.78, 5) is 40.4. The van der Waals surface area contributed by atoms with Crippen LogP contribution >= 0.6 is 11.6 Å². The monoisotopic (exact) mass is 545 g/mol. The lowest BCUT2D eigenvalue weighted by molar-refractivity contribution is 0.0610. The van der Waals surface area contributed by atoms with Crippen LogP contribution in [0.25, 0.3) is 10.9 Å². The summed E-state index contributed by atoms with van der Waals surface area (Å²) in [6.45, 7) is 5.31. The Balaban J connectivity index is 1.83. The van der Waals surface area contributed by atoms with Crippen LogP contribution < -0.4 is 27.3 Å². The third kappa shape index (κ3) is 4.96. The van der Waals surface area contributed by atoms with Crippen LogP contribution in [0, 0.1) is 11.7 Å². The summed E-state index contributed by atoms with van der Waals surface area (Å²) in [5.41, 5.74) is 5.41. The van der Waals surface area contributed by atoms with Gasteiger partial charge >= 0.3 is 11.8 Å². The average molecular weight is 546 g/mol. The first-order valence-electron chi connectivity index (χ1n) is 11.5. The smallest absolute Gasteiger partial charge is 0.427 e. The summed E-state index contributed by atoms with van der Waals surface area (Å²) in [6, 6.07) is 0.696. The number of hydrogen-bond acceptors (Lipinski definition) is 8. The number of ether oxygens (including phenoxy) is 1. The summed E-state index contributed by atoms with van der Waals surface area (Å²) in [6.07, 6.45) is 1.71. The molecule has 2 atom stereocenters. The highest BCUT2D eigenvalue weighted by Gasteiger charge is 2.37. The van der Waals surface area contributed by atoms with Crippen LogP contribution in [-0.4, -0.2) is 54.1 Å². The van der Waals surface area contributed by atoms with Gasteiger partial charge in [-0.2, -0.15) is 4.68 Å². The maximum atomic E-state index is 15.4. The maximum Gasteiger partial charge on any atom is 0.427 e. The predicted molar refractivity (Wildman–Crippen MR) is 134 cm³/mol. The molecule has 1 amide bonds. The highest BCUT2D eigenvalue weighted by atomic mass is 35.5. The number of carbonyl (C=O) groups excluding carboxylic acids is 1. The van der Waals surface area contributed by atoms with Crippen LogP contribution in [0.5, 0.6) is 0 Å². The minimum atomic E-state index is -3.50. The summed E-state index contributed by atoms with van der Waals surface area (Å²) in [5.74, 6) is -1.26. The summed E-state index contributed by atoms with van der Waals surface area (Å²) < 4.78 is 46.2. The van der Waals surface area contributed by atoms with E-state index in [1.54, 1.807) is 25.7 Å². The van der Waals surface area contributed by atoms with E-state index in [0.29, 0.717) is 30.5 Å². The Morgan fingerprint density at radius 1 is 1.28 bits per heavy atom. The van der Waals surface area contributed by atoms with Gasteiger partial charge in [0.05, 0.1) is 21.6 Å². The fraction of sp³-hybridized carbons (Fsp3) is 0.591. The third-order valence-corrected chi connectivity index (χ3v) is 7.99. The predicted octanol–water partition coefficient (Wildman–Crippen LogP) is 1.92. The first-order chi connectivity index (χ1) is 16.6. The zero-order valence-electron chi connectivity index (χ0n) is 20.4. The molecule has 1 aliphatic carbocycles. The molecule has 14 heteroatoms. The van der Waals surface area contributed by atoms with Gasteiger partial charge in [0, 0.05) is 31.3 Å². The van der Waals surface area contributed by atoms with Crippen molar-refractivity contribution in [1.82, 2.24) is 9.24 Å². The van der Waals surface area contributed by atoms with Crippen molar-refractivity contribution in [1.29, 1.82) is 0 Å². The first-order valence-corrected chi connectivity index (χ1v) is 13.8. The zero-order chi connectivity index (χ0) is 26.7. The molecule has 1 aliphatic heterocycles. The van der Waals surface area contributed by atoms with E-state index in [4.69, 9.17) is 22.1 Å². The van der Waals surface area contributed by atoms with Crippen molar-refractivity contribution in [3.63, 3.8) is 0 Å². The lowest BCUT2D eigenvalue weighted by atomic mass is 10.1. The zero-order valence-corrected chi connectivity index (χ0v) is 22.0. The normalized spacial score (nSPS) is 19.5. The average Bonchev–Trinajstić information content (AvgIpc) is 3.46. The molecule has 1 saturated carbocycles. The van der Waals surface area contributed by atoms with Gasteiger partial charge in [0.1, 0.15) is 16.8 Å². The Labute approximate surface area is 211 Å². The highest BCUT2D eigenvalue weighted by molar-refractivity contribution is 7.91. The van der Waals surface area contributed by atoms with E-state index < -0.39 is 49.9 Å². The molecule has 2 fully saturated rings. The Hall–Kier alpha value is -2.64. The summed E-state index contributed by atoms with van der Waals surface area (Å²) in [7, 11) is -3.50. The molecular weight excluding hydrogens is 517 g/mol. The largest absolute Gasteiger partial charge is 0.443 e. The fourth-order valence-corrected chi connectivity index (χ4v) is 5.79. The molecule has 2 heterocycles. The molecule has 3 N–H and O–H groups in total. The molecule has 36 heavy (non-hydrogen) atoms. The summed E-state index contributed by atoms with van der Waals surface area (Å²) in [5, 5.41) is -1.43. The van der Waals surface area contributed by atoms with Gasteiger partial charge < -0.3 is 15.4 Å². The molecule has 4 rings (SSSR count). The molecule has 1 aromatic heterocycles. The lowest BCUT2D eigenvalue weighted by Gasteiger charge is -2.24. The first kappa shape index (κ1) is 26.4. The number of nitrogens with zero attached hydrogens (tertiary/aromatic N) is 3. The molecule has 1 saturated heterocycles. The Morgan fingerprint density at radius 2 is 1.92 bits per heavy atom. The van der Waals surface area contributed by atoms with Gasteiger partial charge in [0.25, 0.3) is 5.56 Å². The number of anilines is 1. The number of fused-ring (bicyclic) bond motifs is 1. The van der Waals surface area contributed by atoms with Crippen molar-refractivity contribution in [3.8, 4) is 0 Å². The van der Waals surface area contributed by atoms with E-state index in [1.807, 2.05) is 0 Å². The van der Waals surface area contributed by atoms with Gasteiger partial charge in [-0.15, -0.1) is 0 Å². The highest BCUT2D eigenvalue weighted by Crippen LogP contribution is 2.42. The molecule has 2 aromatic rings. The van der Waals surface area contributed by atoms with Gasteiger partial charge in [-0.1, -0.05) is 11.6 Å². The van der Waals surface area contributed by atoms with Crippen LogP contribution in [0.3, 0.4) is 0 Å². The number of nitrogens with one attached hydrogen (secondary N) is 1. The Morgan fingerprint density at radius 3 is 2.47 bits per heavy atom. The van der Waals surface area contributed by atoms with E-state index in [9.17, 15) is 22.8 Å². The topological polar surface area (TPSA) is 146 Å². The molecule has 1 aromatic carbocycles. The van der Waals surface area contributed by atoms with E-state index >= 15 is 4.39 Å². The Kier molecular flexibility index (Phi) is 6.63. The molecule has 11 nitrogen and oxygen atoms in total. The lowest BCUT2D eigenvalue weighted by Crippen LogP contribution is -2.48. The third-order valence-electron chi connectivity index (χ3n) is 6.25. The summed E-state index contributed by atoms with van der Waals surface area (Å²) >= 11 is 6.66. The number of nitrogens with two attached hydrogens (primary N) is 1. The molecule has 0 bridgehead atoms. The van der Waals surface area contributed by atoms with Crippen LogP contribution in [0.2, 0.25) is 5.02 Å². The van der Waals surface area contributed by atoms with Crippen molar-refractivity contribution in [2.24, 2.45) is 11.7 Å². The second kappa shape index (κ2) is 9.03. The second-order valence-corrected chi connectivity index (χ2v) is 12.9. The van der Waals surface area contributed by atoms with Crippen LogP contribution in [0.4, 0.5) is 14.9 Å². The van der Waals surface area contributed by atoms with Gasteiger partial charge in [-0.25, -0.2) is 27.8 Å². The van der Waals surface area contributed by atoms with Crippen LogP contribution in [0.1, 0.15) is 46.1 Å². The van der Waals surface area contributed by atoms with Crippen LogP contribution in [-0.2, 0) is 14.6 Å². The molecule has 2 aliphatic rings. The molecule has 198 valence electrons. The maximum absolute atomic E-state index is 15.4. The minimum Gasteiger partial charge on any atom is -0.443 e. The van der Waals surface area contributed by atoms with E-state index in [1.165, 1.54) is 4.57 Å². The van der Waals surface area contributed by atoms with Crippen LogP contribution in [0.15, 0.2) is 15.7 Å². The SMILES string of the molecule is CC(C)(C)OC(=O)Nn1c(=O)c2cc(F)c(N3CCC(C(N)S(C)(=O)=O)C3)c(Cl)c2n(C2CC2)c1=O. The molecule has 2 unspecified atom stereocenters. The number of halogens is 2. The quantitative estimate of drug-likeness (QED) is 0.579. The van der Waals surface area contributed by atoms with Gasteiger partial charge in [0.15, 0.2) is 9.84 Å². The van der Waals surface area contributed by atoms with Crippen molar-refractivity contribution in [2.45, 2.75) is 57.1 Å². The van der Waals surface area contributed by atoms with Crippen molar-refractivity contribution in [3.05, 3.63) is 37.7 Å². The van der Waals surface area contributed by atoms with Crippen molar-refractivity contribution >= 4 is 44.1 Å². The van der Waals surface area contributed by atoms with E-state index in [2.05, 4.69) is 5.43 Å². The van der Waals surface area contributed by atoms with E-state index in [-0.39, 0.29) is 34.2 Å². The number of aromatic nitrogens is 2. The number of rotatable bonds is 5. The number of carbonyl (C=O) groups is 1. The number of benzene rings is 1. The number of sulfone groups is 1. The van der Waals surface area contributed by atoms with Gasteiger partial charge in [0.2, 0.25) is 0 Å². The molecular formula is C22H29ClFN5O6S. The standard InChI is InChI=1S/C22H29ClFN5O6S/c1-22(2,3)35-20(31)26-29-19(30)13-9-14(24)17(15(23)16(13)28(21(29)32)12-5-6-12)27-8-7-11(10-27)18(25)36(4,33)34/h9,11-12,18H,5-8,10,25H2,1-4H3,(H,26,31). The molecule has 0 radical (unpaired) electrons. The fourth-order valence-electron chi connectivity index (χ4n) is 4.47. The van der Waals surface area contributed by atoms with Gasteiger partial charge in [-0.05, 0) is 46.1 Å². The van der Waals surface area contributed by atoms with Crippen molar-refractivity contribution < 1.29 is 22.3 Å².